The molecule has 0 heterocycles. The molecule has 3 rings (SSSR count). The molecule has 0 saturated heterocycles. The van der Waals surface area contributed by atoms with Gasteiger partial charge in [-0.1, -0.05) is 41.9 Å². The third kappa shape index (κ3) is 4.98. The lowest BCUT2D eigenvalue weighted by atomic mass is 10.1. The van der Waals surface area contributed by atoms with Crippen LogP contribution in [0.5, 0.6) is 0 Å². The Bertz CT molecular complexity index is 1180. The number of carbonyl (C=O) groups is 1. The van der Waals surface area contributed by atoms with Crippen molar-refractivity contribution in [3.05, 3.63) is 94.3 Å². The van der Waals surface area contributed by atoms with Crippen molar-refractivity contribution in [1.29, 1.82) is 0 Å². The van der Waals surface area contributed by atoms with Crippen LogP contribution < -0.4 is 10.0 Å². The number of sulfonamides is 1. The molecule has 3 aromatic rings. The van der Waals surface area contributed by atoms with Crippen molar-refractivity contribution in [2.75, 3.05) is 4.72 Å². The number of halogens is 2. The minimum atomic E-state index is -4.08. The molecule has 0 bridgehead atoms. The highest BCUT2D eigenvalue weighted by Gasteiger charge is 2.20. The molecule has 0 saturated carbocycles. The van der Waals surface area contributed by atoms with Crippen LogP contribution >= 0.6 is 11.6 Å². The van der Waals surface area contributed by atoms with Crippen molar-refractivity contribution in [2.45, 2.75) is 24.8 Å². The average Bonchev–Trinajstić information content (AvgIpc) is 2.70. The van der Waals surface area contributed by atoms with Crippen molar-refractivity contribution >= 4 is 33.2 Å². The molecule has 2 N–H and O–H groups in total. The van der Waals surface area contributed by atoms with E-state index in [1.807, 2.05) is 6.92 Å². The first-order valence-corrected chi connectivity index (χ1v) is 11.0. The van der Waals surface area contributed by atoms with Crippen LogP contribution in [-0.4, -0.2) is 14.3 Å². The molecule has 0 aliphatic rings. The number of para-hydroxylation sites is 1. The largest absolute Gasteiger partial charge is 0.346 e. The molecule has 156 valence electrons. The maximum absolute atomic E-state index is 13.8. The molecule has 0 aliphatic carbocycles. The third-order valence-corrected chi connectivity index (χ3v) is 6.21. The fourth-order valence-electron chi connectivity index (χ4n) is 2.87. The molecule has 0 radical (unpaired) electrons. The summed E-state index contributed by atoms with van der Waals surface area (Å²) in [5.41, 5.74) is 1.52. The van der Waals surface area contributed by atoms with E-state index in [2.05, 4.69) is 10.0 Å². The Morgan fingerprint density at radius 1 is 1.03 bits per heavy atom. The Hall–Kier alpha value is -2.90. The summed E-state index contributed by atoms with van der Waals surface area (Å²) in [5.74, 6) is -1.11. The van der Waals surface area contributed by atoms with E-state index in [1.54, 1.807) is 31.2 Å². The quantitative estimate of drug-likeness (QED) is 0.554. The molecule has 0 spiro atoms. The molecule has 8 heteroatoms. The van der Waals surface area contributed by atoms with E-state index in [0.29, 0.717) is 10.6 Å². The van der Waals surface area contributed by atoms with Gasteiger partial charge in [0.1, 0.15) is 5.82 Å². The number of aryl methyl sites for hydroxylation is 1. The van der Waals surface area contributed by atoms with E-state index in [0.717, 1.165) is 11.6 Å². The van der Waals surface area contributed by atoms with Gasteiger partial charge in [0.25, 0.3) is 15.9 Å². The molecule has 0 fully saturated rings. The minimum Gasteiger partial charge on any atom is -0.346 e. The van der Waals surface area contributed by atoms with Crippen LogP contribution in [0.15, 0.2) is 71.6 Å². The Balaban J connectivity index is 1.84. The number of hydrogen-bond donors (Lipinski definition) is 2. The first kappa shape index (κ1) is 21.8. The monoisotopic (exact) mass is 446 g/mol. The lowest BCUT2D eigenvalue weighted by Crippen LogP contribution is -2.27. The maximum Gasteiger partial charge on any atom is 0.262 e. The second-order valence-corrected chi connectivity index (χ2v) is 8.93. The molecule has 5 nitrogen and oxygen atoms in total. The fourth-order valence-corrected chi connectivity index (χ4v) is 4.09. The van der Waals surface area contributed by atoms with Crippen LogP contribution in [0, 0.1) is 12.7 Å². The predicted molar refractivity (Wildman–Crippen MR) is 116 cm³/mol. The number of hydrogen-bond acceptors (Lipinski definition) is 3. The summed E-state index contributed by atoms with van der Waals surface area (Å²) in [6, 6.07) is 16.4. The summed E-state index contributed by atoms with van der Waals surface area (Å²) in [7, 11) is -4.08. The Morgan fingerprint density at radius 2 is 1.70 bits per heavy atom. The summed E-state index contributed by atoms with van der Waals surface area (Å²) in [6.07, 6.45) is 0. The standard InChI is InChI=1S/C22H20ClFN2O3S/c1-14-7-12-18(30(28,29)26-21-6-4-3-5-20(21)24)13-19(14)22(27)25-15(2)16-8-10-17(23)11-9-16/h3-13,15,26H,1-2H3,(H,25,27). The third-order valence-electron chi connectivity index (χ3n) is 4.60. The Labute approximate surface area is 179 Å². The van der Waals surface area contributed by atoms with E-state index >= 15 is 0 Å². The lowest BCUT2D eigenvalue weighted by molar-refractivity contribution is 0.0939. The molecule has 0 aromatic heterocycles. The predicted octanol–water partition coefficient (Wildman–Crippen LogP) is 5.08. The summed E-state index contributed by atoms with van der Waals surface area (Å²) in [6.45, 7) is 3.53. The van der Waals surface area contributed by atoms with Gasteiger partial charge in [0, 0.05) is 10.6 Å². The number of benzene rings is 3. The number of rotatable bonds is 6. The van der Waals surface area contributed by atoms with Crippen molar-refractivity contribution in [2.24, 2.45) is 0 Å². The van der Waals surface area contributed by atoms with Crippen molar-refractivity contribution in [3.63, 3.8) is 0 Å². The van der Waals surface area contributed by atoms with Gasteiger partial charge in [0.05, 0.1) is 16.6 Å². The second-order valence-electron chi connectivity index (χ2n) is 6.81. The zero-order chi connectivity index (χ0) is 21.9. The van der Waals surface area contributed by atoms with Crippen molar-refractivity contribution < 1.29 is 17.6 Å². The lowest BCUT2D eigenvalue weighted by Gasteiger charge is -2.16. The van der Waals surface area contributed by atoms with E-state index in [4.69, 9.17) is 11.6 Å². The van der Waals surface area contributed by atoms with Crippen molar-refractivity contribution in [1.82, 2.24) is 5.32 Å². The van der Waals surface area contributed by atoms with Crippen LogP contribution in [0.3, 0.4) is 0 Å². The van der Waals surface area contributed by atoms with Gasteiger partial charge in [-0.25, -0.2) is 12.8 Å². The highest BCUT2D eigenvalue weighted by molar-refractivity contribution is 7.92. The number of nitrogens with one attached hydrogen (secondary N) is 2. The van der Waals surface area contributed by atoms with Gasteiger partial charge in [0.2, 0.25) is 0 Å². The van der Waals surface area contributed by atoms with Gasteiger partial charge in [-0.3, -0.25) is 9.52 Å². The van der Waals surface area contributed by atoms with Gasteiger partial charge < -0.3 is 5.32 Å². The summed E-state index contributed by atoms with van der Waals surface area (Å²) >= 11 is 5.89. The van der Waals surface area contributed by atoms with Gasteiger partial charge in [-0.05, 0) is 61.4 Å². The van der Waals surface area contributed by atoms with E-state index in [-0.39, 0.29) is 22.2 Å². The van der Waals surface area contributed by atoms with Crippen LogP contribution in [-0.2, 0) is 10.0 Å². The molecule has 1 amide bonds. The van der Waals surface area contributed by atoms with Crippen LogP contribution in [0.2, 0.25) is 5.02 Å². The number of amides is 1. The maximum atomic E-state index is 13.8. The summed E-state index contributed by atoms with van der Waals surface area (Å²) in [4.78, 5) is 12.7. The van der Waals surface area contributed by atoms with Gasteiger partial charge in [0.15, 0.2) is 0 Å². The van der Waals surface area contributed by atoms with Gasteiger partial charge in [-0.2, -0.15) is 0 Å². The molecule has 3 aromatic carbocycles. The Kier molecular flexibility index (Phi) is 6.43. The Morgan fingerprint density at radius 3 is 2.37 bits per heavy atom. The molecule has 30 heavy (non-hydrogen) atoms. The zero-order valence-corrected chi connectivity index (χ0v) is 17.9. The van der Waals surface area contributed by atoms with E-state index < -0.39 is 21.7 Å². The van der Waals surface area contributed by atoms with E-state index in [1.165, 1.54) is 36.4 Å². The topological polar surface area (TPSA) is 75.3 Å². The number of carbonyl (C=O) groups excluding carboxylic acids is 1. The van der Waals surface area contributed by atoms with Crippen LogP contribution in [0.25, 0.3) is 0 Å². The normalized spacial score (nSPS) is 12.3. The summed E-state index contributed by atoms with van der Waals surface area (Å²) in [5, 5.41) is 3.44. The molecule has 0 aliphatic heterocycles. The summed E-state index contributed by atoms with van der Waals surface area (Å²) < 4.78 is 41.4. The molecular weight excluding hydrogens is 427 g/mol. The number of anilines is 1. The SMILES string of the molecule is Cc1ccc(S(=O)(=O)Nc2ccccc2F)cc1C(=O)NC(C)c1ccc(Cl)cc1. The van der Waals surface area contributed by atoms with Gasteiger partial charge >= 0.3 is 0 Å². The van der Waals surface area contributed by atoms with E-state index in [9.17, 15) is 17.6 Å². The minimum absolute atomic E-state index is 0.138. The zero-order valence-electron chi connectivity index (χ0n) is 16.3. The smallest absolute Gasteiger partial charge is 0.262 e. The average molecular weight is 447 g/mol. The molecular formula is C22H20ClFN2O3S. The highest BCUT2D eigenvalue weighted by atomic mass is 35.5. The second kappa shape index (κ2) is 8.85. The first-order chi connectivity index (χ1) is 14.2. The first-order valence-electron chi connectivity index (χ1n) is 9.12. The van der Waals surface area contributed by atoms with Crippen LogP contribution in [0.1, 0.15) is 34.5 Å². The van der Waals surface area contributed by atoms with Gasteiger partial charge in [-0.15, -0.1) is 0 Å². The van der Waals surface area contributed by atoms with Crippen molar-refractivity contribution in [3.8, 4) is 0 Å². The highest BCUT2D eigenvalue weighted by Crippen LogP contribution is 2.22. The molecule has 1 atom stereocenters. The fraction of sp³-hybridized carbons (Fsp3) is 0.136. The van der Waals surface area contributed by atoms with Crippen LogP contribution in [0.4, 0.5) is 10.1 Å². The molecule has 1 unspecified atom stereocenters.